The lowest BCUT2D eigenvalue weighted by Crippen LogP contribution is -2.27. The highest BCUT2D eigenvalue weighted by atomic mass is 16.2. The van der Waals surface area contributed by atoms with Gasteiger partial charge in [-0.15, -0.1) is 0 Å². The Morgan fingerprint density at radius 1 is 1.00 bits per heavy atom. The molecule has 1 fully saturated rings. The number of aromatic amines is 2. The van der Waals surface area contributed by atoms with Crippen LogP contribution in [0.4, 0.5) is 0 Å². The van der Waals surface area contributed by atoms with E-state index in [1.807, 2.05) is 18.2 Å². The fourth-order valence-electron chi connectivity index (χ4n) is 3.26. The van der Waals surface area contributed by atoms with Crippen LogP contribution in [0.15, 0.2) is 46.1 Å². The Morgan fingerprint density at radius 3 is 2.61 bits per heavy atom. The topological polar surface area (TPSA) is 82.7 Å². The van der Waals surface area contributed by atoms with Crippen molar-refractivity contribution in [2.75, 3.05) is 13.1 Å². The van der Waals surface area contributed by atoms with Crippen LogP contribution in [0.2, 0.25) is 0 Å². The quantitative estimate of drug-likeness (QED) is 0.670. The van der Waals surface area contributed by atoms with Gasteiger partial charge in [0.1, 0.15) is 0 Å². The zero-order chi connectivity index (χ0) is 15.8. The predicted octanol–water partition coefficient (Wildman–Crippen LogP) is 1.47. The molecule has 0 bridgehead atoms. The lowest BCUT2D eigenvalue weighted by atomic mass is 9.95. The van der Waals surface area contributed by atoms with E-state index in [1.54, 1.807) is 0 Å². The van der Waals surface area contributed by atoms with E-state index in [0.29, 0.717) is 5.92 Å². The third-order valence-corrected chi connectivity index (χ3v) is 4.51. The van der Waals surface area contributed by atoms with Gasteiger partial charge in [-0.1, -0.05) is 6.07 Å². The SMILES string of the molecule is O=c1ccn(-c2ccc3cc(C4CCNCC4)[nH]c3c2)c(=O)[nH]1. The van der Waals surface area contributed by atoms with Crippen LogP contribution in [0.3, 0.4) is 0 Å². The molecule has 0 aliphatic carbocycles. The Kier molecular flexibility index (Phi) is 3.38. The van der Waals surface area contributed by atoms with Gasteiger partial charge >= 0.3 is 5.69 Å². The van der Waals surface area contributed by atoms with Gasteiger partial charge in [-0.3, -0.25) is 14.3 Å². The summed E-state index contributed by atoms with van der Waals surface area (Å²) in [6.07, 6.45) is 3.77. The van der Waals surface area contributed by atoms with E-state index in [4.69, 9.17) is 0 Å². The van der Waals surface area contributed by atoms with Gasteiger partial charge in [-0.05, 0) is 49.5 Å². The van der Waals surface area contributed by atoms with Crippen LogP contribution >= 0.6 is 0 Å². The fourth-order valence-corrected chi connectivity index (χ4v) is 3.26. The Hall–Kier alpha value is -2.60. The fraction of sp³-hybridized carbons (Fsp3) is 0.294. The summed E-state index contributed by atoms with van der Waals surface area (Å²) in [5, 5.41) is 4.52. The minimum Gasteiger partial charge on any atom is -0.358 e. The summed E-state index contributed by atoms with van der Waals surface area (Å²) in [4.78, 5) is 28.9. The van der Waals surface area contributed by atoms with Gasteiger partial charge in [0, 0.05) is 29.4 Å². The lowest BCUT2D eigenvalue weighted by Gasteiger charge is -2.21. The van der Waals surface area contributed by atoms with Gasteiger partial charge in [-0.2, -0.15) is 0 Å². The molecule has 3 N–H and O–H groups in total. The number of hydrogen-bond donors (Lipinski definition) is 3. The highest BCUT2D eigenvalue weighted by Gasteiger charge is 2.17. The van der Waals surface area contributed by atoms with Gasteiger partial charge < -0.3 is 10.3 Å². The van der Waals surface area contributed by atoms with Gasteiger partial charge in [0.05, 0.1) is 5.69 Å². The molecule has 1 aromatic carbocycles. The summed E-state index contributed by atoms with van der Waals surface area (Å²) in [6.45, 7) is 2.11. The molecular weight excluding hydrogens is 292 g/mol. The van der Waals surface area contributed by atoms with E-state index in [9.17, 15) is 9.59 Å². The van der Waals surface area contributed by atoms with Crippen molar-refractivity contribution in [3.8, 4) is 5.69 Å². The third-order valence-electron chi connectivity index (χ3n) is 4.51. The summed E-state index contributed by atoms with van der Waals surface area (Å²) in [7, 11) is 0. The molecule has 6 nitrogen and oxygen atoms in total. The average molecular weight is 310 g/mol. The summed E-state index contributed by atoms with van der Waals surface area (Å²) in [5.74, 6) is 0.558. The molecule has 118 valence electrons. The van der Waals surface area contributed by atoms with E-state index in [-0.39, 0.29) is 5.56 Å². The van der Waals surface area contributed by atoms with Crippen molar-refractivity contribution < 1.29 is 0 Å². The normalized spacial score (nSPS) is 16.0. The molecule has 0 unspecified atom stereocenters. The lowest BCUT2D eigenvalue weighted by molar-refractivity contribution is 0.455. The molecule has 0 atom stereocenters. The second kappa shape index (κ2) is 5.55. The summed E-state index contributed by atoms with van der Waals surface area (Å²) in [6, 6.07) is 9.39. The third kappa shape index (κ3) is 2.61. The van der Waals surface area contributed by atoms with E-state index in [1.165, 1.54) is 22.5 Å². The number of nitrogens with one attached hydrogen (secondary N) is 3. The van der Waals surface area contributed by atoms with Crippen molar-refractivity contribution in [3.05, 3.63) is 63.1 Å². The Bertz CT molecular complexity index is 960. The summed E-state index contributed by atoms with van der Waals surface area (Å²) in [5.41, 5.74) is 2.18. The number of benzene rings is 1. The molecule has 1 aliphatic rings. The predicted molar refractivity (Wildman–Crippen MR) is 89.4 cm³/mol. The second-order valence-corrected chi connectivity index (χ2v) is 6.00. The van der Waals surface area contributed by atoms with Crippen LogP contribution in [-0.4, -0.2) is 27.6 Å². The van der Waals surface area contributed by atoms with Crippen LogP contribution in [0.5, 0.6) is 0 Å². The smallest absolute Gasteiger partial charge is 0.332 e. The molecule has 1 aliphatic heterocycles. The first-order chi connectivity index (χ1) is 11.2. The van der Waals surface area contributed by atoms with Gasteiger partial charge in [0.25, 0.3) is 5.56 Å². The molecule has 6 heteroatoms. The molecule has 4 rings (SSSR count). The average Bonchev–Trinajstić information content (AvgIpc) is 2.99. The van der Waals surface area contributed by atoms with Crippen LogP contribution in [0.1, 0.15) is 24.5 Å². The number of piperidine rings is 1. The molecule has 1 saturated heterocycles. The highest BCUT2D eigenvalue weighted by Crippen LogP contribution is 2.28. The van der Waals surface area contributed by atoms with Crippen molar-refractivity contribution in [2.24, 2.45) is 0 Å². The molecule has 0 radical (unpaired) electrons. The number of H-pyrrole nitrogens is 2. The maximum Gasteiger partial charge on any atom is 0.332 e. The first kappa shape index (κ1) is 14.0. The van der Waals surface area contributed by atoms with Crippen molar-refractivity contribution in [2.45, 2.75) is 18.8 Å². The monoisotopic (exact) mass is 310 g/mol. The van der Waals surface area contributed by atoms with Crippen molar-refractivity contribution in [1.29, 1.82) is 0 Å². The first-order valence-corrected chi connectivity index (χ1v) is 7.86. The summed E-state index contributed by atoms with van der Waals surface area (Å²) >= 11 is 0. The first-order valence-electron chi connectivity index (χ1n) is 7.86. The van der Waals surface area contributed by atoms with E-state index in [2.05, 4.69) is 21.4 Å². The number of aromatic nitrogens is 3. The minimum absolute atomic E-state index is 0.389. The van der Waals surface area contributed by atoms with Gasteiger partial charge in [0.2, 0.25) is 0 Å². The van der Waals surface area contributed by atoms with E-state index >= 15 is 0 Å². The van der Waals surface area contributed by atoms with Crippen molar-refractivity contribution >= 4 is 10.9 Å². The minimum atomic E-state index is -0.429. The molecule has 2 aromatic heterocycles. The zero-order valence-electron chi connectivity index (χ0n) is 12.6. The molecule has 0 saturated carbocycles. The molecule has 0 amide bonds. The van der Waals surface area contributed by atoms with Crippen molar-refractivity contribution in [3.63, 3.8) is 0 Å². The molecular formula is C17H18N4O2. The maximum absolute atomic E-state index is 11.9. The number of hydrogen-bond acceptors (Lipinski definition) is 3. The second-order valence-electron chi connectivity index (χ2n) is 6.00. The Morgan fingerprint density at radius 2 is 1.83 bits per heavy atom. The van der Waals surface area contributed by atoms with Crippen LogP contribution in [0.25, 0.3) is 16.6 Å². The molecule has 3 heterocycles. The largest absolute Gasteiger partial charge is 0.358 e. The van der Waals surface area contributed by atoms with Gasteiger partial charge in [0.15, 0.2) is 0 Å². The number of fused-ring (bicyclic) bond motifs is 1. The highest BCUT2D eigenvalue weighted by molar-refractivity contribution is 5.82. The number of rotatable bonds is 2. The molecule has 0 spiro atoms. The molecule has 3 aromatic rings. The van der Waals surface area contributed by atoms with E-state index in [0.717, 1.165) is 42.5 Å². The van der Waals surface area contributed by atoms with Crippen molar-refractivity contribution in [1.82, 2.24) is 19.9 Å². The molecule has 23 heavy (non-hydrogen) atoms. The van der Waals surface area contributed by atoms with Crippen LogP contribution in [0, 0.1) is 0 Å². The van der Waals surface area contributed by atoms with Crippen LogP contribution in [-0.2, 0) is 0 Å². The zero-order valence-corrected chi connectivity index (χ0v) is 12.6. The standard InChI is InChI=1S/C17H18N4O2/c22-16-5-8-21(17(23)20-16)13-2-1-12-9-14(19-15(12)10-13)11-3-6-18-7-4-11/h1-2,5,8-11,18-19H,3-4,6-7H2,(H,20,22,23). The number of nitrogens with zero attached hydrogens (tertiary/aromatic N) is 1. The summed E-state index contributed by atoms with van der Waals surface area (Å²) < 4.78 is 1.44. The Balaban J connectivity index is 1.75. The Labute approximate surface area is 132 Å². The van der Waals surface area contributed by atoms with Crippen LogP contribution < -0.4 is 16.6 Å². The maximum atomic E-state index is 11.9. The van der Waals surface area contributed by atoms with E-state index < -0.39 is 5.69 Å². The van der Waals surface area contributed by atoms with Gasteiger partial charge in [-0.25, -0.2) is 4.79 Å².